The highest BCUT2D eigenvalue weighted by molar-refractivity contribution is 6.02. The number of benzene rings is 3. The minimum atomic E-state index is -0.481. The van der Waals surface area contributed by atoms with E-state index in [1.54, 1.807) is 12.3 Å². The fourth-order valence-electron chi connectivity index (χ4n) is 3.99. The van der Waals surface area contributed by atoms with E-state index in [9.17, 15) is 4.79 Å². The van der Waals surface area contributed by atoms with Crippen LogP contribution < -0.4 is 4.74 Å². The third-order valence-electron chi connectivity index (χ3n) is 5.71. The van der Waals surface area contributed by atoms with E-state index in [0.29, 0.717) is 22.5 Å². The summed E-state index contributed by atoms with van der Waals surface area (Å²) in [5.74, 6) is -0.104. The van der Waals surface area contributed by atoms with Crippen molar-refractivity contribution in [1.29, 1.82) is 0 Å². The molecule has 5 rings (SSSR count). The van der Waals surface area contributed by atoms with Gasteiger partial charge in [0.25, 0.3) is 0 Å². The van der Waals surface area contributed by atoms with Crippen LogP contribution in [0.2, 0.25) is 0 Å². The molecule has 162 valence electrons. The molecule has 5 heteroatoms. The van der Waals surface area contributed by atoms with Crippen LogP contribution in [0.15, 0.2) is 91.1 Å². The molecule has 0 amide bonds. The number of fused-ring (bicyclic) bond motifs is 2. The van der Waals surface area contributed by atoms with Crippen LogP contribution in [0.4, 0.5) is 0 Å². The van der Waals surface area contributed by atoms with Gasteiger partial charge in [-0.25, -0.2) is 14.8 Å². The minimum Gasteiger partial charge on any atom is -0.478 e. The molecule has 3 aromatic carbocycles. The maximum absolute atomic E-state index is 12.7. The summed E-state index contributed by atoms with van der Waals surface area (Å²) in [6.07, 6.45) is 1.29. The molecule has 0 aliphatic heterocycles. The van der Waals surface area contributed by atoms with Gasteiger partial charge in [0.2, 0.25) is 0 Å². The standard InChI is InChI=1S/C28H22N2O3/c1-18-15-16-29-27-23(18)17-21-13-14-22(28(31)32-2)26(24(21)30-27)33-25(19-9-5-3-6-10-19)20-11-7-4-8-12-20/h3-17,25H,1-2H3. The van der Waals surface area contributed by atoms with Gasteiger partial charge >= 0.3 is 5.97 Å². The molecule has 0 fully saturated rings. The van der Waals surface area contributed by atoms with Crippen molar-refractivity contribution < 1.29 is 14.3 Å². The average Bonchev–Trinajstić information content (AvgIpc) is 2.87. The van der Waals surface area contributed by atoms with E-state index >= 15 is 0 Å². The van der Waals surface area contributed by atoms with Gasteiger partial charge in [-0.05, 0) is 41.8 Å². The van der Waals surface area contributed by atoms with Crippen molar-refractivity contribution in [3.8, 4) is 5.75 Å². The van der Waals surface area contributed by atoms with Gasteiger partial charge in [0.15, 0.2) is 11.4 Å². The summed E-state index contributed by atoms with van der Waals surface area (Å²) in [6, 6.07) is 27.4. The fourth-order valence-corrected chi connectivity index (χ4v) is 3.99. The van der Waals surface area contributed by atoms with Gasteiger partial charge in [-0.2, -0.15) is 0 Å². The van der Waals surface area contributed by atoms with E-state index in [4.69, 9.17) is 14.5 Å². The highest BCUT2D eigenvalue weighted by atomic mass is 16.5. The Bertz CT molecular complexity index is 1410. The van der Waals surface area contributed by atoms with Gasteiger partial charge in [-0.15, -0.1) is 0 Å². The van der Waals surface area contributed by atoms with Crippen LogP contribution in [0.25, 0.3) is 21.9 Å². The zero-order valence-corrected chi connectivity index (χ0v) is 18.4. The van der Waals surface area contributed by atoms with Crippen LogP contribution in [-0.4, -0.2) is 23.0 Å². The number of carbonyl (C=O) groups excluding carboxylic acids is 1. The zero-order chi connectivity index (χ0) is 22.8. The number of carbonyl (C=O) groups is 1. The number of nitrogens with zero attached hydrogens (tertiary/aromatic N) is 2. The smallest absolute Gasteiger partial charge is 0.341 e. The van der Waals surface area contributed by atoms with E-state index < -0.39 is 12.1 Å². The first-order valence-corrected chi connectivity index (χ1v) is 10.7. The van der Waals surface area contributed by atoms with Crippen molar-refractivity contribution in [2.45, 2.75) is 13.0 Å². The fraction of sp³-hybridized carbons (Fsp3) is 0.107. The topological polar surface area (TPSA) is 61.3 Å². The Morgan fingerprint density at radius 2 is 1.55 bits per heavy atom. The van der Waals surface area contributed by atoms with Crippen LogP contribution in [0.3, 0.4) is 0 Å². The molecular weight excluding hydrogens is 412 g/mol. The molecule has 0 N–H and O–H groups in total. The first-order chi connectivity index (χ1) is 16.2. The molecule has 0 saturated carbocycles. The lowest BCUT2D eigenvalue weighted by atomic mass is 10.0. The number of ether oxygens (including phenoxy) is 2. The maximum atomic E-state index is 12.7. The number of hydrogen-bond donors (Lipinski definition) is 0. The van der Waals surface area contributed by atoms with E-state index in [1.807, 2.05) is 85.8 Å². The summed E-state index contributed by atoms with van der Waals surface area (Å²) in [7, 11) is 1.36. The van der Waals surface area contributed by atoms with Crippen molar-refractivity contribution in [2.75, 3.05) is 7.11 Å². The number of hydrogen-bond acceptors (Lipinski definition) is 5. The molecule has 0 spiro atoms. The number of esters is 1. The molecule has 5 aromatic rings. The van der Waals surface area contributed by atoms with E-state index in [1.165, 1.54) is 7.11 Å². The molecule has 0 atom stereocenters. The lowest BCUT2D eigenvalue weighted by molar-refractivity contribution is 0.0594. The monoisotopic (exact) mass is 434 g/mol. The Morgan fingerprint density at radius 1 is 0.879 bits per heavy atom. The number of aryl methyl sites for hydroxylation is 1. The Hall–Kier alpha value is -4.25. The van der Waals surface area contributed by atoms with Crippen LogP contribution in [0.5, 0.6) is 5.75 Å². The van der Waals surface area contributed by atoms with Gasteiger partial charge < -0.3 is 9.47 Å². The van der Waals surface area contributed by atoms with Crippen molar-refractivity contribution in [3.05, 3.63) is 113 Å². The lowest BCUT2D eigenvalue weighted by Gasteiger charge is -2.22. The largest absolute Gasteiger partial charge is 0.478 e. The van der Waals surface area contributed by atoms with E-state index in [2.05, 4.69) is 4.98 Å². The molecule has 0 aliphatic rings. The summed E-state index contributed by atoms with van der Waals surface area (Å²) in [6.45, 7) is 2.03. The van der Waals surface area contributed by atoms with Gasteiger partial charge in [-0.3, -0.25) is 0 Å². The third kappa shape index (κ3) is 3.89. The van der Waals surface area contributed by atoms with Crippen molar-refractivity contribution in [2.24, 2.45) is 0 Å². The highest BCUT2D eigenvalue weighted by Gasteiger charge is 2.24. The Morgan fingerprint density at radius 3 is 2.18 bits per heavy atom. The Labute approximate surface area is 191 Å². The molecule has 2 aromatic heterocycles. The number of rotatable bonds is 5. The van der Waals surface area contributed by atoms with Crippen LogP contribution in [0, 0.1) is 6.92 Å². The first kappa shape index (κ1) is 20.6. The molecule has 5 nitrogen and oxygen atoms in total. The summed E-state index contributed by atoms with van der Waals surface area (Å²) >= 11 is 0. The predicted octanol–water partition coefficient (Wildman–Crippen LogP) is 6.05. The maximum Gasteiger partial charge on any atom is 0.341 e. The summed E-state index contributed by atoms with van der Waals surface area (Å²) < 4.78 is 11.7. The molecule has 2 heterocycles. The number of aromatic nitrogens is 2. The summed E-state index contributed by atoms with van der Waals surface area (Å²) in [5.41, 5.74) is 4.50. The molecular formula is C28H22N2O3. The minimum absolute atomic E-state index is 0.321. The number of methoxy groups -OCH3 is 1. The van der Waals surface area contributed by atoms with Crippen molar-refractivity contribution in [1.82, 2.24) is 9.97 Å². The SMILES string of the molecule is COC(=O)c1ccc2cc3c(C)ccnc3nc2c1OC(c1ccccc1)c1ccccc1. The van der Waals surface area contributed by atoms with Crippen molar-refractivity contribution >= 4 is 27.9 Å². The summed E-state index contributed by atoms with van der Waals surface area (Å²) in [5, 5.41) is 1.82. The second-order valence-corrected chi connectivity index (χ2v) is 7.81. The molecule has 33 heavy (non-hydrogen) atoms. The average molecular weight is 434 g/mol. The molecule has 0 saturated heterocycles. The Balaban J connectivity index is 1.75. The normalized spacial score (nSPS) is 11.1. The zero-order valence-electron chi connectivity index (χ0n) is 18.4. The molecule has 0 aliphatic carbocycles. The van der Waals surface area contributed by atoms with Gasteiger partial charge in [-0.1, -0.05) is 66.7 Å². The molecule has 0 unspecified atom stereocenters. The second kappa shape index (κ2) is 8.71. The van der Waals surface area contributed by atoms with Crippen LogP contribution in [0.1, 0.15) is 33.2 Å². The molecule has 0 radical (unpaired) electrons. The van der Waals surface area contributed by atoms with Gasteiger partial charge in [0, 0.05) is 17.0 Å². The lowest BCUT2D eigenvalue weighted by Crippen LogP contribution is -2.13. The van der Waals surface area contributed by atoms with Gasteiger partial charge in [0.05, 0.1) is 7.11 Å². The summed E-state index contributed by atoms with van der Waals surface area (Å²) in [4.78, 5) is 22.0. The predicted molar refractivity (Wildman–Crippen MR) is 128 cm³/mol. The number of pyridine rings is 2. The van der Waals surface area contributed by atoms with Gasteiger partial charge in [0.1, 0.15) is 17.2 Å². The second-order valence-electron chi connectivity index (χ2n) is 7.81. The third-order valence-corrected chi connectivity index (χ3v) is 5.71. The molecule has 0 bridgehead atoms. The van der Waals surface area contributed by atoms with Crippen LogP contribution >= 0.6 is 0 Å². The van der Waals surface area contributed by atoms with E-state index in [-0.39, 0.29) is 0 Å². The quantitative estimate of drug-likeness (QED) is 0.249. The highest BCUT2D eigenvalue weighted by Crippen LogP contribution is 2.36. The first-order valence-electron chi connectivity index (χ1n) is 10.7. The van der Waals surface area contributed by atoms with Crippen LogP contribution in [-0.2, 0) is 4.74 Å². The Kier molecular flexibility index (Phi) is 5.45. The van der Waals surface area contributed by atoms with Crippen molar-refractivity contribution in [3.63, 3.8) is 0 Å². The van der Waals surface area contributed by atoms with E-state index in [0.717, 1.165) is 27.5 Å².